The first-order valence-electron chi connectivity index (χ1n) is 8.74. The molecule has 0 radical (unpaired) electrons. The van der Waals surface area contributed by atoms with Crippen LogP contribution in [0.25, 0.3) is 10.8 Å². The Balaban J connectivity index is 1.29. The summed E-state index contributed by atoms with van der Waals surface area (Å²) in [6.07, 6.45) is 1.47. The number of ketones is 1. The fourth-order valence-electron chi connectivity index (χ4n) is 2.77. The molecule has 1 N–H and O–H groups in total. The number of nitrogens with one attached hydrogen (secondary N) is 1. The van der Waals surface area contributed by atoms with Crippen LogP contribution >= 0.6 is 11.3 Å². The predicted molar refractivity (Wildman–Crippen MR) is 108 cm³/mol. The summed E-state index contributed by atoms with van der Waals surface area (Å²) < 4.78 is 10.7. The minimum absolute atomic E-state index is 0.0676. The first-order chi connectivity index (χ1) is 13.7. The molecule has 0 aliphatic carbocycles. The highest BCUT2D eigenvalue weighted by Gasteiger charge is 2.14. The Morgan fingerprint density at radius 1 is 0.964 bits per heavy atom. The highest BCUT2D eigenvalue weighted by molar-refractivity contribution is 7.14. The Kier molecular flexibility index (Phi) is 5.21. The lowest BCUT2D eigenvalue weighted by molar-refractivity contribution is -0.123. The Hall–Kier alpha value is -3.38. The maximum Gasteiger partial charge on any atom is 0.258 e. The van der Waals surface area contributed by atoms with Crippen molar-refractivity contribution in [2.24, 2.45) is 0 Å². The van der Waals surface area contributed by atoms with Crippen LogP contribution in [0.2, 0.25) is 0 Å². The van der Waals surface area contributed by atoms with Gasteiger partial charge in [0.2, 0.25) is 5.78 Å². The second-order valence-electron chi connectivity index (χ2n) is 6.15. The summed E-state index contributed by atoms with van der Waals surface area (Å²) in [7, 11) is 0. The standard InChI is InChI=1S/C22H17NO4S/c24-21(14-27-17-8-7-15-4-1-2-5-16(15)12-17)23-13-18-9-10-20(28-18)22(25)19-6-3-11-26-19/h1-12H,13-14H2,(H,23,24). The van der Waals surface area contributed by atoms with Gasteiger partial charge < -0.3 is 14.5 Å². The van der Waals surface area contributed by atoms with Crippen LogP contribution < -0.4 is 10.1 Å². The lowest BCUT2D eigenvalue weighted by atomic mass is 10.1. The van der Waals surface area contributed by atoms with E-state index in [4.69, 9.17) is 9.15 Å². The monoisotopic (exact) mass is 391 g/mol. The van der Waals surface area contributed by atoms with E-state index in [1.54, 1.807) is 18.2 Å². The Morgan fingerprint density at radius 2 is 1.82 bits per heavy atom. The van der Waals surface area contributed by atoms with Crippen molar-refractivity contribution in [3.63, 3.8) is 0 Å². The minimum Gasteiger partial charge on any atom is -0.484 e. The number of carbonyl (C=O) groups excluding carboxylic acids is 2. The zero-order valence-electron chi connectivity index (χ0n) is 14.9. The van der Waals surface area contributed by atoms with Crippen molar-refractivity contribution in [1.29, 1.82) is 0 Å². The van der Waals surface area contributed by atoms with E-state index >= 15 is 0 Å². The van der Waals surface area contributed by atoms with Gasteiger partial charge in [0.05, 0.1) is 17.7 Å². The summed E-state index contributed by atoms with van der Waals surface area (Å²) >= 11 is 1.33. The minimum atomic E-state index is -0.222. The third-order valence-corrected chi connectivity index (χ3v) is 5.27. The second kappa shape index (κ2) is 8.10. The predicted octanol–water partition coefficient (Wildman–Crippen LogP) is 4.42. The van der Waals surface area contributed by atoms with Crippen LogP contribution in [0.4, 0.5) is 0 Å². The number of amides is 1. The van der Waals surface area contributed by atoms with Gasteiger partial charge in [0.1, 0.15) is 5.75 Å². The van der Waals surface area contributed by atoms with E-state index in [-0.39, 0.29) is 18.3 Å². The van der Waals surface area contributed by atoms with Crippen molar-refractivity contribution >= 4 is 33.8 Å². The topological polar surface area (TPSA) is 68.5 Å². The van der Waals surface area contributed by atoms with Crippen molar-refractivity contribution in [2.75, 3.05) is 6.61 Å². The van der Waals surface area contributed by atoms with Gasteiger partial charge in [-0.05, 0) is 47.2 Å². The van der Waals surface area contributed by atoms with Crippen molar-refractivity contribution in [1.82, 2.24) is 5.32 Å². The molecular weight excluding hydrogens is 374 g/mol. The molecule has 0 fully saturated rings. The maximum atomic E-state index is 12.2. The molecule has 140 valence electrons. The van der Waals surface area contributed by atoms with Crippen molar-refractivity contribution in [2.45, 2.75) is 6.54 Å². The number of furan rings is 1. The van der Waals surface area contributed by atoms with Crippen LogP contribution in [0, 0.1) is 0 Å². The largest absolute Gasteiger partial charge is 0.484 e. The first kappa shape index (κ1) is 18.0. The lowest BCUT2D eigenvalue weighted by Gasteiger charge is -2.08. The molecule has 0 spiro atoms. The molecule has 0 aliphatic heterocycles. The molecule has 2 heterocycles. The molecule has 0 aliphatic rings. The highest BCUT2D eigenvalue weighted by atomic mass is 32.1. The van der Waals surface area contributed by atoms with E-state index in [1.807, 2.05) is 48.5 Å². The van der Waals surface area contributed by atoms with Crippen molar-refractivity contribution in [3.8, 4) is 5.75 Å². The van der Waals surface area contributed by atoms with Crippen LogP contribution in [-0.4, -0.2) is 18.3 Å². The number of hydrogen-bond acceptors (Lipinski definition) is 5. The van der Waals surface area contributed by atoms with E-state index in [2.05, 4.69) is 5.32 Å². The summed E-state index contributed by atoms with van der Waals surface area (Å²) in [5, 5.41) is 4.99. The summed E-state index contributed by atoms with van der Waals surface area (Å²) in [5.74, 6) is 0.574. The number of benzene rings is 2. The number of thiophene rings is 1. The second-order valence-corrected chi connectivity index (χ2v) is 7.32. The summed E-state index contributed by atoms with van der Waals surface area (Å²) in [6.45, 7) is 0.276. The number of carbonyl (C=O) groups is 2. The van der Waals surface area contributed by atoms with Gasteiger partial charge in [-0.15, -0.1) is 11.3 Å². The molecular formula is C22H17NO4S. The van der Waals surface area contributed by atoms with Crippen molar-refractivity contribution in [3.05, 3.63) is 88.5 Å². The molecule has 4 rings (SSSR count). The number of hydrogen-bond donors (Lipinski definition) is 1. The molecule has 2 aromatic heterocycles. The number of ether oxygens (including phenoxy) is 1. The summed E-state index contributed by atoms with van der Waals surface area (Å²) in [5.41, 5.74) is 0. The van der Waals surface area contributed by atoms with E-state index in [1.165, 1.54) is 17.6 Å². The molecule has 0 saturated carbocycles. The molecule has 0 unspecified atom stereocenters. The van der Waals surface area contributed by atoms with Crippen LogP contribution in [0.15, 0.2) is 77.4 Å². The molecule has 4 aromatic rings. The van der Waals surface area contributed by atoms with Gasteiger partial charge in [-0.2, -0.15) is 0 Å². The fourth-order valence-corrected chi connectivity index (χ4v) is 3.66. The highest BCUT2D eigenvalue weighted by Crippen LogP contribution is 2.21. The van der Waals surface area contributed by atoms with Crippen LogP contribution in [0.3, 0.4) is 0 Å². The molecule has 2 aromatic carbocycles. The van der Waals surface area contributed by atoms with Gasteiger partial charge in [0.15, 0.2) is 12.4 Å². The quantitative estimate of drug-likeness (QED) is 0.474. The third-order valence-electron chi connectivity index (χ3n) is 4.18. The lowest BCUT2D eigenvalue weighted by Crippen LogP contribution is -2.28. The fraction of sp³-hybridized carbons (Fsp3) is 0.0909. The van der Waals surface area contributed by atoms with E-state index in [0.29, 0.717) is 22.9 Å². The normalized spacial score (nSPS) is 10.7. The average molecular weight is 391 g/mol. The smallest absolute Gasteiger partial charge is 0.258 e. The SMILES string of the molecule is O=C(COc1ccc2ccccc2c1)NCc1ccc(C(=O)c2ccco2)s1. The Bertz CT molecular complexity index is 1110. The maximum absolute atomic E-state index is 12.2. The van der Waals surface area contributed by atoms with Gasteiger partial charge in [0, 0.05) is 4.88 Å². The molecule has 0 saturated heterocycles. The molecule has 0 bridgehead atoms. The van der Waals surface area contributed by atoms with Crippen LogP contribution in [-0.2, 0) is 11.3 Å². The molecule has 6 heteroatoms. The van der Waals surface area contributed by atoms with Gasteiger partial charge in [-0.3, -0.25) is 9.59 Å². The molecule has 0 atom stereocenters. The van der Waals surface area contributed by atoms with E-state index in [0.717, 1.165) is 15.6 Å². The Labute approximate surface area is 165 Å². The van der Waals surface area contributed by atoms with E-state index < -0.39 is 0 Å². The molecule has 1 amide bonds. The van der Waals surface area contributed by atoms with Crippen LogP contribution in [0.1, 0.15) is 20.3 Å². The van der Waals surface area contributed by atoms with Crippen molar-refractivity contribution < 1.29 is 18.7 Å². The Morgan fingerprint density at radius 3 is 2.64 bits per heavy atom. The van der Waals surface area contributed by atoms with Gasteiger partial charge >= 0.3 is 0 Å². The molecule has 5 nitrogen and oxygen atoms in total. The van der Waals surface area contributed by atoms with E-state index in [9.17, 15) is 9.59 Å². The zero-order valence-corrected chi connectivity index (χ0v) is 15.7. The average Bonchev–Trinajstić information content (AvgIpc) is 3.42. The molecule has 28 heavy (non-hydrogen) atoms. The van der Waals surface area contributed by atoms with Gasteiger partial charge in [-0.1, -0.05) is 30.3 Å². The van der Waals surface area contributed by atoms with Gasteiger partial charge in [0.25, 0.3) is 5.91 Å². The van der Waals surface area contributed by atoms with Gasteiger partial charge in [-0.25, -0.2) is 0 Å². The van der Waals surface area contributed by atoms with Crippen LogP contribution in [0.5, 0.6) is 5.75 Å². The third kappa shape index (κ3) is 4.13. The summed E-state index contributed by atoms with van der Waals surface area (Å²) in [4.78, 5) is 25.7. The first-order valence-corrected chi connectivity index (χ1v) is 9.56. The summed E-state index contributed by atoms with van der Waals surface area (Å²) in [6, 6.07) is 20.6. The number of rotatable bonds is 7. The number of fused-ring (bicyclic) bond motifs is 1. The zero-order chi connectivity index (χ0) is 19.3.